The number of rotatable bonds is 6. The van der Waals surface area contributed by atoms with E-state index in [9.17, 15) is 4.79 Å². The van der Waals surface area contributed by atoms with Crippen molar-refractivity contribution in [2.75, 3.05) is 20.3 Å². The third-order valence-corrected chi connectivity index (χ3v) is 2.69. The van der Waals surface area contributed by atoms with Gasteiger partial charge in [0.15, 0.2) is 0 Å². The number of carbonyl (C=O) groups excluding carboxylic acids is 1. The molecular formula is C14H21NO3. The fourth-order valence-electron chi connectivity index (χ4n) is 1.52. The summed E-state index contributed by atoms with van der Waals surface area (Å²) in [5.41, 5.74) is 6.01. The van der Waals surface area contributed by atoms with Gasteiger partial charge < -0.3 is 15.2 Å². The molecule has 4 heteroatoms. The first-order valence-corrected chi connectivity index (χ1v) is 6.00. The van der Waals surface area contributed by atoms with Gasteiger partial charge in [-0.15, -0.1) is 0 Å². The number of benzene rings is 1. The lowest BCUT2D eigenvalue weighted by atomic mass is 9.95. The van der Waals surface area contributed by atoms with E-state index in [1.807, 2.05) is 24.3 Å². The van der Waals surface area contributed by atoms with Gasteiger partial charge in [-0.25, -0.2) is 0 Å². The molecule has 2 N–H and O–H groups in total. The Labute approximate surface area is 108 Å². The molecular weight excluding hydrogens is 230 g/mol. The quantitative estimate of drug-likeness (QED) is 0.783. The molecule has 0 aliphatic carbocycles. The number of methoxy groups -OCH3 is 1. The number of nitrogens with two attached hydrogens (primary N) is 1. The summed E-state index contributed by atoms with van der Waals surface area (Å²) in [5, 5.41) is 0. The summed E-state index contributed by atoms with van der Waals surface area (Å²) in [7, 11) is 1.38. The van der Waals surface area contributed by atoms with Crippen LogP contribution in [0.3, 0.4) is 0 Å². The van der Waals surface area contributed by atoms with E-state index in [0.29, 0.717) is 6.54 Å². The number of hydrogen-bond acceptors (Lipinski definition) is 4. The van der Waals surface area contributed by atoms with E-state index < -0.39 is 5.41 Å². The van der Waals surface area contributed by atoms with Crippen LogP contribution in [-0.2, 0) is 16.0 Å². The van der Waals surface area contributed by atoms with Crippen LogP contribution in [0.4, 0.5) is 0 Å². The Morgan fingerprint density at radius 2 is 1.89 bits per heavy atom. The van der Waals surface area contributed by atoms with Crippen molar-refractivity contribution in [1.29, 1.82) is 0 Å². The second kappa shape index (κ2) is 6.40. The minimum Gasteiger partial charge on any atom is -0.492 e. The first-order chi connectivity index (χ1) is 8.49. The fourth-order valence-corrected chi connectivity index (χ4v) is 1.52. The summed E-state index contributed by atoms with van der Waals surface area (Å²) in [6, 6.07) is 7.73. The van der Waals surface area contributed by atoms with E-state index in [2.05, 4.69) is 0 Å². The minimum atomic E-state index is -0.648. The molecule has 0 heterocycles. The van der Waals surface area contributed by atoms with Crippen molar-refractivity contribution in [2.24, 2.45) is 11.1 Å². The number of hydrogen-bond donors (Lipinski definition) is 1. The van der Waals surface area contributed by atoms with Crippen LogP contribution in [0.15, 0.2) is 24.3 Å². The van der Waals surface area contributed by atoms with E-state index in [0.717, 1.165) is 12.2 Å². The highest BCUT2D eigenvalue weighted by Gasteiger charge is 2.29. The summed E-state index contributed by atoms with van der Waals surface area (Å²) in [5.74, 6) is 0.468. The third kappa shape index (κ3) is 4.04. The van der Waals surface area contributed by atoms with Crippen LogP contribution in [0, 0.1) is 5.41 Å². The average molecular weight is 251 g/mol. The topological polar surface area (TPSA) is 61.5 Å². The molecule has 0 saturated heterocycles. The maximum Gasteiger partial charge on any atom is 0.314 e. The van der Waals surface area contributed by atoms with Crippen LogP contribution in [-0.4, -0.2) is 26.2 Å². The van der Waals surface area contributed by atoms with Gasteiger partial charge in [-0.05, 0) is 44.5 Å². The first-order valence-electron chi connectivity index (χ1n) is 6.00. The Bertz CT molecular complexity index is 385. The van der Waals surface area contributed by atoms with E-state index >= 15 is 0 Å². The second-order valence-electron chi connectivity index (χ2n) is 4.85. The van der Waals surface area contributed by atoms with Gasteiger partial charge in [0.1, 0.15) is 12.4 Å². The molecule has 1 aromatic carbocycles. The molecule has 0 fully saturated rings. The maximum absolute atomic E-state index is 11.5. The predicted molar refractivity (Wildman–Crippen MR) is 70.5 cm³/mol. The molecule has 0 radical (unpaired) electrons. The van der Waals surface area contributed by atoms with Crippen molar-refractivity contribution >= 4 is 5.97 Å². The van der Waals surface area contributed by atoms with Crippen molar-refractivity contribution < 1.29 is 14.3 Å². The third-order valence-electron chi connectivity index (χ3n) is 2.69. The highest BCUT2D eigenvalue weighted by Crippen LogP contribution is 2.20. The number of ether oxygens (including phenoxy) is 2. The molecule has 1 aromatic rings. The van der Waals surface area contributed by atoms with Gasteiger partial charge in [-0.3, -0.25) is 4.79 Å². The number of carbonyl (C=O) groups is 1. The Kier molecular flexibility index (Phi) is 5.16. The zero-order chi connectivity index (χ0) is 13.6. The molecule has 100 valence electrons. The zero-order valence-electron chi connectivity index (χ0n) is 11.2. The molecule has 0 saturated carbocycles. The Morgan fingerprint density at radius 1 is 1.28 bits per heavy atom. The van der Waals surface area contributed by atoms with Crippen molar-refractivity contribution in [3.8, 4) is 5.75 Å². The summed E-state index contributed by atoms with van der Waals surface area (Å²) < 4.78 is 10.3. The van der Waals surface area contributed by atoms with Gasteiger partial charge in [0.25, 0.3) is 0 Å². The monoisotopic (exact) mass is 251 g/mol. The second-order valence-corrected chi connectivity index (χ2v) is 4.85. The van der Waals surface area contributed by atoms with Gasteiger partial charge in [0.05, 0.1) is 12.5 Å². The molecule has 0 atom stereocenters. The van der Waals surface area contributed by atoms with Crippen LogP contribution in [0.25, 0.3) is 0 Å². The highest BCUT2D eigenvalue weighted by molar-refractivity contribution is 5.75. The van der Waals surface area contributed by atoms with Crippen molar-refractivity contribution in [2.45, 2.75) is 20.3 Å². The highest BCUT2D eigenvalue weighted by atomic mass is 16.5. The summed E-state index contributed by atoms with van der Waals surface area (Å²) in [6.45, 7) is 4.51. The fraction of sp³-hybridized carbons (Fsp3) is 0.500. The molecule has 0 aliphatic heterocycles. The Balaban J connectivity index is 2.55. The summed E-state index contributed by atoms with van der Waals surface area (Å²) in [6.07, 6.45) is 0.855. The lowest BCUT2D eigenvalue weighted by Gasteiger charge is -2.21. The maximum atomic E-state index is 11.5. The van der Waals surface area contributed by atoms with Crippen LogP contribution in [0.2, 0.25) is 0 Å². The molecule has 0 spiro atoms. The molecule has 0 aliphatic rings. The van der Waals surface area contributed by atoms with Crippen LogP contribution < -0.4 is 10.5 Å². The van der Waals surface area contributed by atoms with Crippen molar-refractivity contribution in [3.05, 3.63) is 29.8 Å². The van der Waals surface area contributed by atoms with Crippen LogP contribution >= 0.6 is 0 Å². The van der Waals surface area contributed by atoms with Crippen LogP contribution in [0.5, 0.6) is 5.75 Å². The Morgan fingerprint density at radius 3 is 2.39 bits per heavy atom. The van der Waals surface area contributed by atoms with Gasteiger partial charge in [-0.2, -0.15) is 0 Å². The first kappa shape index (κ1) is 14.5. The molecule has 18 heavy (non-hydrogen) atoms. The molecule has 1 rings (SSSR count). The van der Waals surface area contributed by atoms with Gasteiger partial charge in [0.2, 0.25) is 0 Å². The molecule has 0 aromatic heterocycles. The molecule has 4 nitrogen and oxygen atoms in total. The van der Waals surface area contributed by atoms with Crippen LogP contribution in [0.1, 0.15) is 19.4 Å². The zero-order valence-corrected chi connectivity index (χ0v) is 11.2. The SMILES string of the molecule is COC(=O)C(C)(C)COc1ccc(CCN)cc1. The lowest BCUT2D eigenvalue weighted by molar-refractivity contribution is -0.152. The average Bonchev–Trinajstić information content (AvgIpc) is 2.37. The lowest BCUT2D eigenvalue weighted by Crippen LogP contribution is -2.32. The largest absolute Gasteiger partial charge is 0.492 e. The number of esters is 1. The predicted octanol–water partition coefficient (Wildman–Crippen LogP) is 1.77. The Hall–Kier alpha value is -1.55. The summed E-state index contributed by atoms with van der Waals surface area (Å²) >= 11 is 0. The van der Waals surface area contributed by atoms with E-state index in [-0.39, 0.29) is 12.6 Å². The van der Waals surface area contributed by atoms with E-state index in [1.165, 1.54) is 12.7 Å². The van der Waals surface area contributed by atoms with Gasteiger partial charge in [0, 0.05) is 0 Å². The normalized spacial score (nSPS) is 11.1. The van der Waals surface area contributed by atoms with Crippen molar-refractivity contribution in [1.82, 2.24) is 0 Å². The van der Waals surface area contributed by atoms with Crippen molar-refractivity contribution in [3.63, 3.8) is 0 Å². The molecule has 0 bridgehead atoms. The smallest absolute Gasteiger partial charge is 0.314 e. The van der Waals surface area contributed by atoms with Gasteiger partial charge in [-0.1, -0.05) is 12.1 Å². The van der Waals surface area contributed by atoms with E-state index in [4.69, 9.17) is 15.2 Å². The molecule has 0 unspecified atom stereocenters. The summed E-state index contributed by atoms with van der Waals surface area (Å²) in [4.78, 5) is 11.5. The minimum absolute atomic E-state index is 0.276. The van der Waals surface area contributed by atoms with E-state index in [1.54, 1.807) is 13.8 Å². The van der Waals surface area contributed by atoms with Gasteiger partial charge >= 0.3 is 5.97 Å². The standard InChI is InChI=1S/C14H21NO3/c1-14(2,13(16)17-3)10-18-12-6-4-11(5-7-12)8-9-15/h4-7H,8-10,15H2,1-3H3. The molecule has 0 amide bonds.